The Labute approximate surface area is 106 Å². The first-order chi connectivity index (χ1) is 8.54. The second kappa shape index (κ2) is 5.18. The van der Waals surface area contributed by atoms with Gasteiger partial charge in [0.25, 0.3) is 0 Å². The lowest BCUT2D eigenvalue weighted by Crippen LogP contribution is -2.21. The van der Waals surface area contributed by atoms with Crippen molar-refractivity contribution < 1.29 is 4.42 Å². The first-order valence-corrected chi connectivity index (χ1v) is 5.88. The lowest BCUT2D eigenvalue weighted by atomic mass is 10.4. The molecule has 0 atom stereocenters. The molecule has 2 heterocycles. The maximum absolute atomic E-state index is 5.44. The summed E-state index contributed by atoms with van der Waals surface area (Å²) >= 11 is 0. The van der Waals surface area contributed by atoms with Crippen LogP contribution in [0, 0.1) is 6.92 Å². The number of anilines is 2. The lowest BCUT2D eigenvalue weighted by Gasteiger charge is -2.03. The summed E-state index contributed by atoms with van der Waals surface area (Å²) in [7, 11) is 1.88. The summed E-state index contributed by atoms with van der Waals surface area (Å²) in [4.78, 5) is 0. The summed E-state index contributed by atoms with van der Waals surface area (Å²) in [5.74, 6) is 1.25. The summed E-state index contributed by atoms with van der Waals surface area (Å²) in [6.45, 7) is 6.66. The zero-order valence-corrected chi connectivity index (χ0v) is 11.1. The number of aromatic nitrogens is 4. The molecule has 0 unspecified atom stereocenters. The summed E-state index contributed by atoms with van der Waals surface area (Å²) in [6, 6.07) is 2.65. The van der Waals surface area contributed by atoms with E-state index in [1.807, 2.05) is 20.0 Å². The average molecular weight is 250 g/mol. The number of hydrogen-bond acceptors (Lipinski definition) is 6. The van der Waals surface area contributed by atoms with Gasteiger partial charge in [0.15, 0.2) is 5.82 Å². The molecule has 98 valence electrons. The fourth-order valence-electron chi connectivity index (χ4n) is 1.40. The average Bonchev–Trinajstić information content (AvgIpc) is 2.85. The van der Waals surface area contributed by atoms with E-state index < -0.39 is 0 Å². The van der Waals surface area contributed by atoms with Gasteiger partial charge in [-0.3, -0.25) is 10.00 Å². The summed E-state index contributed by atoms with van der Waals surface area (Å²) in [6.07, 6.45) is 0. The minimum atomic E-state index is 0.355. The third kappa shape index (κ3) is 3.07. The molecule has 0 amide bonds. The van der Waals surface area contributed by atoms with Crippen molar-refractivity contribution in [3.63, 3.8) is 0 Å². The van der Waals surface area contributed by atoms with Gasteiger partial charge < -0.3 is 9.73 Å². The fourth-order valence-corrected chi connectivity index (χ4v) is 1.40. The second-order valence-corrected chi connectivity index (χ2v) is 4.46. The van der Waals surface area contributed by atoms with E-state index in [-0.39, 0.29) is 0 Å². The molecule has 2 aromatic heterocycles. The van der Waals surface area contributed by atoms with Gasteiger partial charge in [-0.05, 0) is 6.92 Å². The van der Waals surface area contributed by atoms with E-state index >= 15 is 0 Å². The van der Waals surface area contributed by atoms with Crippen molar-refractivity contribution in [2.75, 3.05) is 5.32 Å². The Balaban J connectivity index is 1.98. The van der Waals surface area contributed by atoms with E-state index in [0.717, 1.165) is 5.69 Å². The van der Waals surface area contributed by atoms with Crippen molar-refractivity contribution in [2.24, 2.45) is 7.05 Å². The highest BCUT2D eigenvalue weighted by atomic mass is 16.4. The molecular formula is C11H18N6O. The Morgan fingerprint density at radius 3 is 2.78 bits per heavy atom. The quantitative estimate of drug-likeness (QED) is 0.833. The zero-order chi connectivity index (χ0) is 13.1. The minimum absolute atomic E-state index is 0.355. The Morgan fingerprint density at radius 2 is 2.17 bits per heavy atom. The van der Waals surface area contributed by atoms with Crippen LogP contribution in [-0.4, -0.2) is 26.0 Å². The van der Waals surface area contributed by atoms with Crippen LogP contribution in [0.3, 0.4) is 0 Å². The molecule has 2 aromatic rings. The molecule has 0 bridgehead atoms. The van der Waals surface area contributed by atoms with Crippen LogP contribution < -0.4 is 10.6 Å². The van der Waals surface area contributed by atoms with Gasteiger partial charge in [0.1, 0.15) is 0 Å². The maximum atomic E-state index is 5.44. The molecule has 2 N–H and O–H groups in total. The van der Waals surface area contributed by atoms with Crippen LogP contribution >= 0.6 is 0 Å². The van der Waals surface area contributed by atoms with E-state index in [1.54, 1.807) is 4.68 Å². The van der Waals surface area contributed by atoms with Crippen LogP contribution in [0.2, 0.25) is 0 Å². The Bertz CT molecular complexity index is 496. The molecule has 0 spiro atoms. The van der Waals surface area contributed by atoms with Gasteiger partial charge in [0, 0.05) is 24.8 Å². The van der Waals surface area contributed by atoms with Gasteiger partial charge >= 0.3 is 6.01 Å². The zero-order valence-electron chi connectivity index (χ0n) is 11.1. The van der Waals surface area contributed by atoms with Crippen LogP contribution in [0.1, 0.15) is 25.4 Å². The molecule has 0 aromatic carbocycles. The number of aryl methyl sites for hydroxylation is 2. The van der Waals surface area contributed by atoms with E-state index in [2.05, 4.69) is 39.8 Å². The highest BCUT2D eigenvalue weighted by Crippen LogP contribution is 2.14. The molecule has 7 nitrogen and oxygen atoms in total. The van der Waals surface area contributed by atoms with Gasteiger partial charge in [-0.25, -0.2) is 0 Å². The molecule has 0 saturated heterocycles. The predicted octanol–water partition coefficient (Wildman–Crippen LogP) is 1.35. The number of nitrogens with zero attached hydrogens (tertiary/aromatic N) is 4. The fraction of sp³-hybridized carbons (Fsp3) is 0.545. The Hall–Kier alpha value is -1.89. The third-order valence-electron chi connectivity index (χ3n) is 2.48. The highest BCUT2D eigenvalue weighted by Gasteiger charge is 2.08. The number of rotatable bonds is 5. The van der Waals surface area contributed by atoms with Crippen molar-refractivity contribution in [1.82, 2.24) is 25.3 Å². The van der Waals surface area contributed by atoms with Crippen LogP contribution in [-0.2, 0) is 13.6 Å². The molecule has 7 heteroatoms. The van der Waals surface area contributed by atoms with Crippen LogP contribution in [0.5, 0.6) is 0 Å². The number of nitrogens with one attached hydrogen (secondary N) is 2. The van der Waals surface area contributed by atoms with Gasteiger partial charge in [-0.15, -0.1) is 5.10 Å². The smallest absolute Gasteiger partial charge is 0.321 e. The molecule has 0 saturated carbocycles. The van der Waals surface area contributed by atoms with Crippen molar-refractivity contribution in [2.45, 2.75) is 33.4 Å². The maximum Gasteiger partial charge on any atom is 0.321 e. The first kappa shape index (κ1) is 12.6. The largest absolute Gasteiger partial charge is 0.406 e. The van der Waals surface area contributed by atoms with Crippen LogP contribution in [0.25, 0.3) is 0 Å². The Morgan fingerprint density at radius 1 is 1.39 bits per heavy atom. The third-order valence-corrected chi connectivity index (χ3v) is 2.48. The van der Waals surface area contributed by atoms with Crippen molar-refractivity contribution in [3.8, 4) is 0 Å². The molecule has 0 aliphatic rings. The molecule has 0 fully saturated rings. The second-order valence-electron chi connectivity index (χ2n) is 4.46. The van der Waals surface area contributed by atoms with Gasteiger partial charge in [-0.2, -0.15) is 5.10 Å². The molecule has 2 rings (SSSR count). The lowest BCUT2D eigenvalue weighted by molar-refractivity contribution is 0.460. The van der Waals surface area contributed by atoms with Crippen LogP contribution in [0.4, 0.5) is 11.8 Å². The van der Waals surface area contributed by atoms with Gasteiger partial charge in [0.05, 0.1) is 6.54 Å². The first-order valence-electron chi connectivity index (χ1n) is 5.88. The molecular weight excluding hydrogens is 232 g/mol. The molecule has 0 radical (unpaired) electrons. The minimum Gasteiger partial charge on any atom is -0.406 e. The van der Waals surface area contributed by atoms with E-state index in [1.165, 1.54) is 0 Å². The normalized spacial score (nSPS) is 11.2. The van der Waals surface area contributed by atoms with Crippen molar-refractivity contribution in [3.05, 3.63) is 17.7 Å². The topological polar surface area (TPSA) is 80.8 Å². The molecule has 18 heavy (non-hydrogen) atoms. The van der Waals surface area contributed by atoms with Crippen LogP contribution in [0.15, 0.2) is 10.5 Å². The highest BCUT2D eigenvalue weighted by molar-refractivity contribution is 5.45. The van der Waals surface area contributed by atoms with E-state index in [4.69, 9.17) is 4.42 Å². The monoisotopic (exact) mass is 250 g/mol. The standard InChI is InChI=1S/C11H18N6O/c1-7(2)12-6-10-14-15-11(18-10)13-9-5-8(3)17(4)16-9/h5,7,12H,6H2,1-4H3,(H,13,15,16). The van der Waals surface area contributed by atoms with Gasteiger partial charge in [0.2, 0.25) is 5.89 Å². The summed E-state index contributed by atoms with van der Waals surface area (Å²) in [5, 5.41) is 18.3. The van der Waals surface area contributed by atoms with E-state index in [0.29, 0.717) is 30.3 Å². The van der Waals surface area contributed by atoms with Gasteiger partial charge in [-0.1, -0.05) is 18.9 Å². The molecule has 0 aliphatic carbocycles. The SMILES string of the molecule is Cc1cc(Nc2nnc(CNC(C)C)o2)nn1C. The predicted molar refractivity (Wildman–Crippen MR) is 67.5 cm³/mol. The van der Waals surface area contributed by atoms with Crippen molar-refractivity contribution in [1.29, 1.82) is 0 Å². The van der Waals surface area contributed by atoms with Crippen molar-refractivity contribution >= 4 is 11.8 Å². The van der Waals surface area contributed by atoms with E-state index in [9.17, 15) is 0 Å². The number of hydrogen-bond donors (Lipinski definition) is 2. The summed E-state index contributed by atoms with van der Waals surface area (Å²) < 4.78 is 7.22. The Kier molecular flexibility index (Phi) is 3.61. The summed E-state index contributed by atoms with van der Waals surface area (Å²) in [5.41, 5.74) is 1.05. The molecule has 0 aliphatic heterocycles.